The number of methoxy groups -OCH3 is 1. The zero-order chi connectivity index (χ0) is 15.2. The van der Waals surface area contributed by atoms with Gasteiger partial charge in [0.1, 0.15) is 5.75 Å². The van der Waals surface area contributed by atoms with Gasteiger partial charge in [-0.05, 0) is 31.0 Å². The van der Waals surface area contributed by atoms with Crippen molar-refractivity contribution in [2.45, 2.75) is 18.9 Å². The molecule has 1 fully saturated rings. The summed E-state index contributed by atoms with van der Waals surface area (Å²) in [6.07, 6.45) is 1.53. The number of urea groups is 1. The molecule has 3 N–H and O–H groups in total. The third-order valence-corrected chi connectivity index (χ3v) is 3.25. The molecule has 0 atom stereocenters. The Labute approximate surface area is 122 Å². The van der Waals surface area contributed by atoms with Crippen molar-refractivity contribution in [3.05, 3.63) is 23.8 Å². The average Bonchev–Trinajstić information content (AvgIpc) is 2.48. The van der Waals surface area contributed by atoms with E-state index in [0.717, 1.165) is 12.8 Å². The third kappa shape index (κ3) is 4.09. The van der Waals surface area contributed by atoms with Crippen LogP contribution >= 0.6 is 0 Å². The Kier molecular flexibility index (Phi) is 4.99. The molecule has 1 saturated heterocycles. The smallest absolute Gasteiger partial charge is 0.335 e. The van der Waals surface area contributed by atoms with Crippen LogP contribution in [0.5, 0.6) is 5.75 Å². The second-order valence-electron chi connectivity index (χ2n) is 4.71. The molecule has 21 heavy (non-hydrogen) atoms. The average molecular weight is 294 g/mol. The van der Waals surface area contributed by atoms with Crippen molar-refractivity contribution < 1.29 is 24.2 Å². The fraction of sp³-hybridized carbons (Fsp3) is 0.429. The second-order valence-corrected chi connectivity index (χ2v) is 4.71. The summed E-state index contributed by atoms with van der Waals surface area (Å²) in [6.45, 7) is 1.26. The molecular formula is C14H18N2O5. The van der Waals surface area contributed by atoms with Crippen LogP contribution in [0.1, 0.15) is 23.2 Å². The second kappa shape index (κ2) is 6.94. The summed E-state index contributed by atoms with van der Waals surface area (Å²) >= 11 is 0. The van der Waals surface area contributed by atoms with Gasteiger partial charge >= 0.3 is 12.0 Å². The van der Waals surface area contributed by atoms with E-state index >= 15 is 0 Å². The summed E-state index contributed by atoms with van der Waals surface area (Å²) in [7, 11) is 1.46. The monoisotopic (exact) mass is 294 g/mol. The summed E-state index contributed by atoms with van der Waals surface area (Å²) in [5.41, 5.74) is 0.402. The summed E-state index contributed by atoms with van der Waals surface area (Å²) in [5.74, 6) is -0.660. The highest BCUT2D eigenvalue weighted by atomic mass is 16.5. The Morgan fingerprint density at radius 2 is 2.05 bits per heavy atom. The maximum atomic E-state index is 12.0. The Balaban J connectivity index is 2.04. The Bertz CT molecular complexity index is 526. The van der Waals surface area contributed by atoms with Gasteiger partial charge in [0, 0.05) is 19.3 Å². The number of amides is 2. The number of carboxylic acid groups (broad SMARTS) is 1. The van der Waals surface area contributed by atoms with Crippen LogP contribution in [0, 0.1) is 0 Å². The van der Waals surface area contributed by atoms with E-state index < -0.39 is 5.97 Å². The van der Waals surface area contributed by atoms with E-state index in [1.807, 2.05) is 0 Å². The van der Waals surface area contributed by atoms with Crippen LogP contribution in [-0.2, 0) is 4.74 Å². The lowest BCUT2D eigenvalue weighted by Gasteiger charge is -2.23. The van der Waals surface area contributed by atoms with Crippen LogP contribution < -0.4 is 15.4 Å². The van der Waals surface area contributed by atoms with Gasteiger partial charge in [-0.25, -0.2) is 9.59 Å². The van der Waals surface area contributed by atoms with Crippen molar-refractivity contribution in [3.8, 4) is 5.75 Å². The zero-order valence-corrected chi connectivity index (χ0v) is 11.7. The molecule has 0 aromatic heterocycles. The van der Waals surface area contributed by atoms with Crippen LogP contribution in [0.4, 0.5) is 10.5 Å². The molecule has 7 heteroatoms. The van der Waals surface area contributed by atoms with Crippen LogP contribution in [0.25, 0.3) is 0 Å². The molecule has 114 valence electrons. The summed E-state index contributed by atoms with van der Waals surface area (Å²) in [6, 6.07) is 3.97. The van der Waals surface area contributed by atoms with E-state index in [9.17, 15) is 9.59 Å². The molecule has 1 aromatic rings. The van der Waals surface area contributed by atoms with Gasteiger partial charge in [-0.1, -0.05) is 0 Å². The van der Waals surface area contributed by atoms with Crippen molar-refractivity contribution in [1.29, 1.82) is 0 Å². The number of carbonyl (C=O) groups is 2. The molecule has 0 aliphatic carbocycles. The number of ether oxygens (including phenoxy) is 2. The van der Waals surface area contributed by atoms with Crippen LogP contribution in [-0.4, -0.2) is 43.5 Å². The number of hydrogen-bond donors (Lipinski definition) is 3. The molecule has 2 rings (SSSR count). The highest BCUT2D eigenvalue weighted by Gasteiger charge is 2.17. The highest BCUT2D eigenvalue weighted by Crippen LogP contribution is 2.25. The molecule has 0 bridgehead atoms. The lowest BCUT2D eigenvalue weighted by Crippen LogP contribution is -2.41. The SMILES string of the molecule is COc1ccc(C(=O)O)cc1NC(=O)NC1CCOCC1. The molecule has 1 heterocycles. The molecule has 0 radical (unpaired) electrons. The van der Waals surface area contributed by atoms with Gasteiger partial charge in [0.15, 0.2) is 0 Å². The van der Waals surface area contributed by atoms with Crippen LogP contribution in [0.2, 0.25) is 0 Å². The van der Waals surface area contributed by atoms with E-state index in [2.05, 4.69) is 10.6 Å². The van der Waals surface area contributed by atoms with E-state index in [-0.39, 0.29) is 17.6 Å². The predicted octanol–water partition coefficient (Wildman–Crippen LogP) is 1.69. The Morgan fingerprint density at radius 1 is 1.33 bits per heavy atom. The maximum absolute atomic E-state index is 12.0. The van der Waals surface area contributed by atoms with Gasteiger partial charge in [0.05, 0.1) is 18.4 Å². The number of carbonyl (C=O) groups excluding carboxylic acids is 1. The highest BCUT2D eigenvalue weighted by molar-refractivity contribution is 5.94. The first-order valence-corrected chi connectivity index (χ1v) is 6.66. The minimum absolute atomic E-state index is 0.0624. The number of anilines is 1. The normalized spacial score (nSPS) is 15.3. The van der Waals surface area contributed by atoms with Gasteiger partial charge in [-0.15, -0.1) is 0 Å². The van der Waals surface area contributed by atoms with Gasteiger partial charge in [-0.3, -0.25) is 0 Å². The first-order chi connectivity index (χ1) is 10.1. The molecule has 7 nitrogen and oxygen atoms in total. The Morgan fingerprint density at radius 3 is 2.67 bits per heavy atom. The lowest BCUT2D eigenvalue weighted by molar-refractivity contribution is 0.0696. The molecule has 0 spiro atoms. The molecule has 1 aromatic carbocycles. The van der Waals surface area contributed by atoms with Crippen LogP contribution in [0.15, 0.2) is 18.2 Å². The minimum Gasteiger partial charge on any atom is -0.495 e. The van der Waals surface area contributed by atoms with Crippen LogP contribution in [0.3, 0.4) is 0 Å². The van der Waals surface area contributed by atoms with Crippen molar-refractivity contribution in [1.82, 2.24) is 5.32 Å². The standard InChI is InChI=1S/C14H18N2O5/c1-20-12-3-2-9(13(17)18)8-11(12)16-14(19)15-10-4-6-21-7-5-10/h2-3,8,10H,4-7H2,1H3,(H,17,18)(H2,15,16,19). The van der Waals surface area contributed by atoms with Gasteiger partial charge in [-0.2, -0.15) is 0 Å². The number of benzene rings is 1. The number of rotatable bonds is 4. The van der Waals surface area contributed by atoms with Gasteiger partial charge in [0.25, 0.3) is 0 Å². The molecule has 0 unspecified atom stereocenters. The fourth-order valence-corrected chi connectivity index (χ4v) is 2.12. The molecule has 1 aliphatic heterocycles. The quantitative estimate of drug-likeness (QED) is 0.785. The third-order valence-electron chi connectivity index (χ3n) is 3.25. The van der Waals surface area contributed by atoms with E-state index in [0.29, 0.717) is 24.7 Å². The molecule has 2 amide bonds. The topological polar surface area (TPSA) is 96.9 Å². The number of carboxylic acids is 1. The number of nitrogens with one attached hydrogen (secondary N) is 2. The largest absolute Gasteiger partial charge is 0.495 e. The van der Waals surface area contributed by atoms with Crippen molar-refractivity contribution >= 4 is 17.7 Å². The lowest BCUT2D eigenvalue weighted by atomic mass is 10.1. The summed E-state index contributed by atoms with van der Waals surface area (Å²) in [5, 5.41) is 14.4. The predicted molar refractivity (Wildman–Crippen MR) is 75.9 cm³/mol. The zero-order valence-electron chi connectivity index (χ0n) is 11.7. The van der Waals surface area contributed by atoms with Gasteiger partial charge in [0.2, 0.25) is 0 Å². The maximum Gasteiger partial charge on any atom is 0.335 e. The Hall–Kier alpha value is -2.28. The van der Waals surface area contributed by atoms with Crippen molar-refractivity contribution in [3.63, 3.8) is 0 Å². The number of aromatic carboxylic acids is 1. The summed E-state index contributed by atoms with van der Waals surface area (Å²) < 4.78 is 10.3. The summed E-state index contributed by atoms with van der Waals surface area (Å²) in [4.78, 5) is 22.9. The molecular weight excluding hydrogens is 276 g/mol. The van der Waals surface area contributed by atoms with E-state index in [1.54, 1.807) is 0 Å². The van der Waals surface area contributed by atoms with E-state index in [4.69, 9.17) is 14.6 Å². The number of hydrogen-bond acceptors (Lipinski definition) is 4. The first kappa shape index (κ1) is 15.1. The minimum atomic E-state index is -1.06. The van der Waals surface area contributed by atoms with Crippen molar-refractivity contribution in [2.75, 3.05) is 25.6 Å². The van der Waals surface area contributed by atoms with Crippen molar-refractivity contribution in [2.24, 2.45) is 0 Å². The molecule has 1 aliphatic rings. The van der Waals surface area contributed by atoms with E-state index in [1.165, 1.54) is 25.3 Å². The molecule has 0 saturated carbocycles. The first-order valence-electron chi connectivity index (χ1n) is 6.66. The van der Waals surface area contributed by atoms with Gasteiger partial charge < -0.3 is 25.2 Å². The fourth-order valence-electron chi connectivity index (χ4n) is 2.12.